The maximum absolute atomic E-state index is 13.6. The second-order valence-electron chi connectivity index (χ2n) is 6.39. The van der Waals surface area contributed by atoms with Gasteiger partial charge in [-0.1, -0.05) is 0 Å². The first-order chi connectivity index (χ1) is 11.5. The van der Waals surface area contributed by atoms with Crippen LogP contribution in [0.3, 0.4) is 0 Å². The van der Waals surface area contributed by atoms with E-state index in [4.69, 9.17) is 4.74 Å². The standard InChI is InChI=1S/C17H24FN5O/c1-21(2)17-20-11-13(22(17)3)12-23-9-6-14(7-10-23)24-16-15(18)5-4-8-19-16/h4-5,8,11,14H,6-7,9-10,12H2,1-3H3. The summed E-state index contributed by atoms with van der Waals surface area (Å²) in [4.78, 5) is 12.8. The zero-order chi connectivity index (χ0) is 17.1. The highest BCUT2D eigenvalue weighted by molar-refractivity contribution is 5.30. The maximum atomic E-state index is 13.6. The molecule has 2 aromatic heterocycles. The lowest BCUT2D eigenvalue weighted by atomic mass is 10.1. The van der Waals surface area contributed by atoms with Gasteiger partial charge in [0.25, 0.3) is 5.88 Å². The van der Waals surface area contributed by atoms with Crippen molar-refractivity contribution in [3.05, 3.63) is 36.0 Å². The Hall–Kier alpha value is -2.15. The van der Waals surface area contributed by atoms with Crippen LogP contribution in [0, 0.1) is 5.82 Å². The molecule has 6 nitrogen and oxygen atoms in total. The molecule has 0 saturated carbocycles. The maximum Gasteiger partial charge on any atom is 0.250 e. The molecule has 7 heteroatoms. The first-order valence-corrected chi connectivity index (χ1v) is 8.22. The van der Waals surface area contributed by atoms with Gasteiger partial charge in [0, 0.05) is 47.0 Å². The van der Waals surface area contributed by atoms with Gasteiger partial charge in [-0.2, -0.15) is 0 Å². The third kappa shape index (κ3) is 3.67. The van der Waals surface area contributed by atoms with Gasteiger partial charge in [0.05, 0.1) is 11.9 Å². The lowest BCUT2D eigenvalue weighted by molar-refractivity contribution is 0.0886. The number of halogens is 1. The van der Waals surface area contributed by atoms with Gasteiger partial charge in [0.1, 0.15) is 6.10 Å². The molecule has 1 fully saturated rings. The summed E-state index contributed by atoms with van der Waals surface area (Å²) in [6.07, 6.45) is 5.25. The Morgan fingerprint density at radius 1 is 1.29 bits per heavy atom. The van der Waals surface area contributed by atoms with Crippen LogP contribution in [0.4, 0.5) is 10.3 Å². The largest absolute Gasteiger partial charge is 0.472 e. The highest BCUT2D eigenvalue weighted by Crippen LogP contribution is 2.21. The van der Waals surface area contributed by atoms with Crippen LogP contribution in [0.2, 0.25) is 0 Å². The lowest BCUT2D eigenvalue weighted by Crippen LogP contribution is -2.38. The van der Waals surface area contributed by atoms with Gasteiger partial charge in [-0.05, 0) is 25.0 Å². The molecular weight excluding hydrogens is 309 g/mol. The zero-order valence-corrected chi connectivity index (χ0v) is 14.4. The average molecular weight is 333 g/mol. The molecule has 0 spiro atoms. The highest BCUT2D eigenvalue weighted by atomic mass is 19.1. The van der Waals surface area contributed by atoms with Gasteiger partial charge < -0.3 is 14.2 Å². The number of ether oxygens (including phenoxy) is 1. The predicted molar refractivity (Wildman–Crippen MR) is 90.7 cm³/mol. The number of piperidine rings is 1. The summed E-state index contributed by atoms with van der Waals surface area (Å²) in [7, 11) is 6.02. The molecule has 2 aromatic rings. The van der Waals surface area contributed by atoms with Crippen LogP contribution in [-0.2, 0) is 13.6 Å². The third-order valence-corrected chi connectivity index (χ3v) is 4.38. The first-order valence-electron chi connectivity index (χ1n) is 8.22. The fraction of sp³-hybridized carbons (Fsp3) is 0.529. The molecule has 0 radical (unpaired) electrons. The second kappa shape index (κ2) is 7.17. The van der Waals surface area contributed by atoms with E-state index in [1.165, 1.54) is 11.8 Å². The van der Waals surface area contributed by atoms with Crippen molar-refractivity contribution >= 4 is 5.95 Å². The molecule has 0 N–H and O–H groups in total. The Balaban J connectivity index is 1.53. The summed E-state index contributed by atoms with van der Waals surface area (Å²) in [5.74, 6) is 0.665. The predicted octanol–water partition coefficient (Wildman–Crippen LogP) is 2.06. The van der Waals surface area contributed by atoms with Crippen LogP contribution in [0.1, 0.15) is 18.5 Å². The topological polar surface area (TPSA) is 46.4 Å². The molecule has 1 aliphatic rings. The summed E-state index contributed by atoms with van der Waals surface area (Å²) < 4.78 is 21.4. The molecule has 0 amide bonds. The van der Waals surface area contributed by atoms with Crippen molar-refractivity contribution in [2.75, 3.05) is 32.1 Å². The quantitative estimate of drug-likeness (QED) is 0.838. The number of hydrogen-bond donors (Lipinski definition) is 0. The molecule has 0 aromatic carbocycles. The summed E-state index contributed by atoms with van der Waals surface area (Å²) in [5, 5.41) is 0. The number of anilines is 1. The van der Waals surface area contributed by atoms with Crippen molar-refractivity contribution in [2.45, 2.75) is 25.5 Å². The van der Waals surface area contributed by atoms with E-state index in [0.717, 1.165) is 38.4 Å². The highest BCUT2D eigenvalue weighted by Gasteiger charge is 2.23. The van der Waals surface area contributed by atoms with Crippen molar-refractivity contribution in [3.8, 4) is 5.88 Å². The number of nitrogens with zero attached hydrogens (tertiary/aromatic N) is 5. The van der Waals surface area contributed by atoms with Crippen molar-refractivity contribution in [1.29, 1.82) is 0 Å². The summed E-state index contributed by atoms with van der Waals surface area (Å²) in [6, 6.07) is 2.95. The lowest BCUT2D eigenvalue weighted by Gasteiger charge is -2.31. The Labute approximate surface area is 141 Å². The fourth-order valence-corrected chi connectivity index (χ4v) is 3.03. The van der Waals surface area contributed by atoms with Crippen LogP contribution < -0.4 is 9.64 Å². The molecule has 0 aliphatic carbocycles. The molecule has 1 aliphatic heterocycles. The average Bonchev–Trinajstić information content (AvgIpc) is 2.92. The van der Waals surface area contributed by atoms with Crippen LogP contribution in [-0.4, -0.2) is 52.7 Å². The van der Waals surface area contributed by atoms with E-state index in [0.29, 0.717) is 0 Å². The van der Waals surface area contributed by atoms with Gasteiger partial charge in [-0.15, -0.1) is 0 Å². The van der Waals surface area contributed by atoms with Gasteiger partial charge in [0.15, 0.2) is 5.82 Å². The minimum absolute atomic E-state index is 0.0227. The Morgan fingerprint density at radius 2 is 2.04 bits per heavy atom. The van der Waals surface area contributed by atoms with Gasteiger partial charge in [-0.3, -0.25) is 4.90 Å². The summed E-state index contributed by atoms with van der Waals surface area (Å²) >= 11 is 0. The number of pyridine rings is 1. The van der Waals surface area contributed by atoms with E-state index in [-0.39, 0.29) is 12.0 Å². The smallest absolute Gasteiger partial charge is 0.250 e. The molecule has 1 saturated heterocycles. The normalized spacial score (nSPS) is 16.3. The zero-order valence-electron chi connectivity index (χ0n) is 14.4. The minimum atomic E-state index is -0.397. The van der Waals surface area contributed by atoms with E-state index in [1.807, 2.05) is 32.2 Å². The van der Waals surface area contributed by atoms with E-state index in [9.17, 15) is 4.39 Å². The molecule has 0 bridgehead atoms. The number of hydrogen-bond acceptors (Lipinski definition) is 5. The van der Waals surface area contributed by atoms with Crippen molar-refractivity contribution in [3.63, 3.8) is 0 Å². The molecular formula is C17H24FN5O. The fourth-order valence-electron chi connectivity index (χ4n) is 3.03. The molecule has 3 heterocycles. The van der Waals surface area contributed by atoms with Crippen molar-refractivity contribution in [2.24, 2.45) is 7.05 Å². The monoisotopic (exact) mass is 333 g/mol. The minimum Gasteiger partial charge on any atom is -0.472 e. The summed E-state index contributed by atoms with van der Waals surface area (Å²) in [5.41, 5.74) is 1.19. The SMILES string of the molecule is CN(C)c1ncc(CN2CCC(Oc3ncccc3F)CC2)n1C. The third-order valence-electron chi connectivity index (χ3n) is 4.38. The van der Waals surface area contributed by atoms with E-state index in [1.54, 1.807) is 12.3 Å². The number of imidazole rings is 1. The van der Waals surface area contributed by atoms with Crippen molar-refractivity contribution in [1.82, 2.24) is 19.4 Å². The molecule has 0 unspecified atom stereocenters. The summed E-state index contributed by atoms with van der Waals surface area (Å²) in [6.45, 7) is 2.70. The first kappa shape index (κ1) is 16.7. The Morgan fingerprint density at radius 3 is 2.67 bits per heavy atom. The van der Waals surface area contributed by atoms with E-state index >= 15 is 0 Å². The van der Waals surface area contributed by atoms with Crippen LogP contribution in [0.25, 0.3) is 0 Å². The van der Waals surface area contributed by atoms with Crippen LogP contribution in [0.5, 0.6) is 5.88 Å². The molecule has 3 rings (SSSR count). The second-order valence-corrected chi connectivity index (χ2v) is 6.39. The van der Waals surface area contributed by atoms with E-state index < -0.39 is 5.82 Å². The van der Waals surface area contributed by atoms with E-state index in [2.05, 4.69) is 19.4 Å². The van der Waals surface area contributed by atoms with Crippen LogP contribution >= 0.6 is 0 Å². The van der Waals surface area contributed by atoms with Gasteiger partial charge in [0.2, 0.25) is 5.95 Å². The molecule has 0 atom stereocenters. The van der Waals surface area contributed by atoms with Crippen LogP contribution in [0.15, 0.2) is 24.5 Å². The Kier molecular flexibility index (Phi) is 4.99. The molecule has 24 heavy (non-hydrogen) atoms. The van der Waals surface area contributed by atoms with Gasteiger partial charge in [-0.25, -0.2) is 14.4 Å². The van der Waals surface area contributed by atoms with Gasteiger partial charge >= 0.3 is 0 Å². The number of likely N-dealkylation sites (tertiary alicyclic amines) is 1. The number of rotatable bonds is 5. The molecule has 130 valence electrons. The van der Waals surface area contributed by atoms with Crippen molar-refractivity contribution < 1.29 is 9.13 Å². The Bertz CT molecular complexity index is 679. The number of aromatic nitrogens is 3.